The molecule has 0 unspecified atom stereocenters. The smallest absolute Gasteiger partial charge is 0.329 e. The molecule has 1 aliphatic heterocycles. The lowest BCUT2D eigenvalue weighted by Crippen LogP contribution is -2.57. The van der Waals surface area contributed by atoms with Crippen LogP contribution >= 0.6 is 25.3 Å². The maximum Gasteiger partial charge on any atom is 0.329 e. The fourth-order valence-corrected chi connectivity index (χ4v) is 3.70. The van der Waals surface area contributed by atoms with Gasteiger partial charge in [0.1, 0.15) is 29.9 Å². The van der Waals surface area contributed by atoms with Gasteiger partial charge in [-0.2, -0.15) is 25.3 Å². The van der Waals surface area contributed by atoms with E-state index >= 15 is 0 Å². The summed E-state index contributed by atoms with van der Waals surface area (Å²) in [5, 5.41) is 10.3. The van der Waals surface area contributed by atoms with Crippen LogP contribution in [0.5, 0.6) is 0 Å². The van der Waals surface area contributed by atoms with Crippen molar-refractivity contribution in [1.29, 1.82) is 0 Å². The van der Waals surface area contributed by atoms with Gasteiger partial charge in [0.25, 0.3) is 5.91 Å². The molecule has 4 amide bonds. The monoisotopic (exact) mass is 542 g/mol. The molecule has 1 saturated heterocycles. The van der Waals surface area contributed by atoms with E-state index in [9.17, 15) is 24.0 Å². The fourth-order valence-electron chi connectivity index (χ4n) is 3.30. The highest BCUT2D eigenvalue weighted by molar-refractivity contribution is 7.80. The molecule has 0 aromatic heterocycles. The van der Waals surface area contributed by atoms with E-state index in [1.165, 1.54) is 6.08 Å². The van der Waals surface area contributed by atoms with Crippen molar-refractivity contribution in [2.24, 2.45) is 11.8 Å². The summed E-state index contributed by atoms with van der Waals surface area (Å²) in [6.45, 7) is 8.51. The van der Waals surface area contributed by atoms with Crippen LogP contribution in [-0.2, 0) is 28.7 Å². The van der Waals surface area contributed by atoms with Crippen LogP contribution in [0.15, 0.2) is 23.9 Å². The first-order chi connectivity index (χ1) is 16.9. The van der Waals surface area contributed by atoms with Gasteiger partial charge in [-0.3, -0.25) is 19.2 Å². The molecule has 1 rings (SSSR count). The zero-order valence-electron chi connectivity index (χ0n) is 21.4. The number of amides is 4. The molecule has 202 valence electrons. The highest BCUT2D eigenvalue weighted by Crippen LogP contribution is 2.12. The zero-order chi connectivity index (χ0) is 27.4. The number of rotatable bonds is 6. The molecule has 1 aliphatic rings. The molecule has 0 aromatic rings. The normalized spacial score (nSPS) is 26.6. The van der Waals surface area contributed by atoms with Gasteiger partial charge in [0.15, 0.2) is 0 Å². The molecular weight excluding hydrogens is 504 g/mol. The molecule has 10 nitrogen and oxygen atoms in total. The molecule has 4 atom stereocenters. The molecular formula is C24H38N4O6S2. The molecule has 12 heteroatoms. The minimum absolute atomic E-state index is 0.0477. The maximum absolute atomic E-state index is 13.0. The van der Waals surface area contributed by atoms with Crippen LogP contribution in [0.1, 0.15) is 47.5 Å². The van der Waals surface area contributed by atoms with Crippen molar-refractivity contribution < 1.29 is 28.7 Å². The molecule has 1 heterocycles. The van der Waals surface area contributed by atoms with Crippen molar-refractivity contribution in [3.63, 3.8) is 0 Å². The van der Waals surface area contributed by atoms with E-state index in [0.29, 0.717) is 12.2 Å². The van der Waals surface area contributed by atoms with E-state index in [1.807, 2.05) is 0 Å². The molecule has 0 aliphatic carbocycles. The number of thiol groups is 2. The second kappa shape index (κ2) is 15.6. The van der Waals surface area contributed by atoms with E-state index in [2.05, 4.69) is 46.5 Å². The van der Waals surface area contributed by atoms with Gasteiger partial charge in [0, 0.05) is 5.75 Å². The van der Waals surface area contributed by atoms with E-state index in [1.54, 1.807) is 46.8 Å². The van der Waals surface area contributed by atoms with Gasteiger partial charge in [0.05, 0.1) is 6.42 Å². The van der Waals surface area contributed by atoms with Crippen LogP contribution in [-0.4, -0.2) is 65.3 Å². The second-order valence-corrected chi connectivity index (χ2v) is 9.85. The van der Waals surface area contributed by atoms with Crippen LogP contribution in [0.25, 0.3) is 0 Å². The van der Waals surface area contributed by atoms with Crippen molar-refractivity contribution in [2.75, 3.05) is 11.5 Å². The summed E-state index contributed by atoms with van der Waals surface area (Å²) in [6.07, 6.45) is 4.16. The van der Waals surface area contributed by atoms with Crippen LogP contribution in [0, 0.1) is 11.8 Å². The maximum atomic E-state index is 13.0. The van der Waals surface area contributed by atoms with Crippen LogP contribution < -0.4 is 21.3 Å². The summed E-state index contributed by atoms with van der Waals surface area (Å²) < 4.78 is 5.59. The number of allylic oxidation sites excluding steroid dienone is 2. The largest absolute Gasteiger partial charge is 0.456 e. The lowest BCUT2D eigenvalue weighted by Gasteiger charge is -2.27. The van der Waals surface area contributed by atoms with E-state index in [4.69, 9.17) is 4.74 Å². The third-order valence-electron chi connectivity index (χ3n) is 5.38. The molecule has 0 aromatic carbocycles. The van der Waals surface area contributed by atoms with Crippen molar-refractivity contribution in [2.45, 2.75) is 71.7 Å². The Morgan fingerprint density at radius 2 is 1.58 bits per heavy atom. The van der Waals surface area contributed by atoms with Crippen LogP contribution in [0.3, 0.4) is 0 Å². The minimum Gasteiger partial charge on any atom is -0.456 e. The van der Waals surface area contributed by atoms with Gasteiger partial charge in [-0.1, -0.05) is 39.8 Å². The topological polar surface area (TPSA) is 143 Å². The van der Waals surface area contributed by atoms with E-state index in [-0.39, 0.29) is 29.7 Å². The van der Waals surface area contributed by atoms with E-state index in [0.717, 1.165) is 0 Å². The predicted molar refractivity (Wildman–Crippen MR) is 143 cm³/mol. The molecule has 0 bridgehead atoms. The molecule has 0 radical (unpaired) electrons. The number of nitrogens with one attached hydrogen (secondary N) is 4. The quantitative estimate of drug-likeness (QED) is 0.127. The standard InChI is InChI=1S/C24H38N4O6S2/c1-6-16-21(30)28-20(14(4)5)24(33)34-15(9-7-8-10-35)11-18(29)27-19(13(2)3)23(32)26-17(12-36)22(31)25-16/h6-7,9,13-15,17,19-20,35-36H,8,10-12H2,1-5H3,(H,25,31)(H,26,32)(H,27,29)(H,28,30)/t15-,17-,19+,20+/m1/s1. The van der Waals surface area contributed by atoms with Crippen molar-refractivity contribution >= 4 is 54.9 Å². The zero-order valence-corrected chi connectivity index (χ0v) is 23.2. The van der Waals surface area contributed by atoms with Crippen molar-refractivity contribution in [3.05, 3.63) is 23.9 Å². The first-order valence-electron chi connectivity index (χ1n) is 11.9. The summed E-state index contributed by atoms with van der Waals surface area (Å²) >= 11 is 8.31. The Morgan fingerprint density at radius 3 is 2.11 bits per heavy atom. The average molecular weight is 543 g/mol. The Morgan fingerprint density at radius 1 is 0.944 bits per heavy atom. The summed E-state index contributed by atoms with van der Waals surface area (Å²) in [5.74, 6) is -3.32. The highest BCUT2D eigenvalue weighted by Gasteiger charge is 2.33. The number of cyclic esters (lactones) is 1. The first kappa shape index (κ1) is 31.6. The molecule has 36 heavy (non-hydrogen) atoms. The van der Waals surface area contributed by atoms with E-state index < -0.39 is 53.8 Å². The Bertz CT molecular complexity index is 875. The van der Waals surface area contributed by atoms with Gasteiger partial charge in [-0.05, 0) is 37.0 Å². The van der Waals surface area contributed by atoms with Gasteiger partial charge in [0.2, 0.25) is 17.7 Å². The molecule has 4 N–H and O–H groups in total. The van der Waals surface area contributed by atoms with Gasteiger partial charge >= 0.3 is 5.97 Å². The van der Waals surface area contributed by atoms with Gasteiger partial charge in [-0.25, -0.2) is 4.79 Å². The summed E-state index contributed by atoms with van der Waals surface area (Å²) in [7, 11) is 0. The van der Waals surface area contributed by atoms with Crippen LogP contribution in [0.2, 0.25) is 0 Å². The number of carbonyl (C=O) groups excluding carboxylic acids is 5. The highest BCUT2D eigenvalue weighted by atomic mass is 32.1. The van der Waals surface area contributed by atoms with Gasteiger partial charge < -0.3 is 26.0 Å². The van der Waals surface area contributed by atoms with Gasteiger partial charge in [-0.15, -0.1) is 0 Å². The summed E-state index contributed by atoms with van der Waals surface area (Å²) in [6, 6.07) is -3.06. The number of carbonyl (C=O) groups is 5. The summed E-state index contributed by atoms with van der Waals surface area (Å²) in [4.78, 5) is 64.5. The lowest BCUT2D eigenvalue weighted by atomic mass is 10.0. The van der Waals surface area contributed by atoms with Crippen LogP contribution in [0.4, 0.5) is 0 Å². The fraction of sp³-hybridized carbons (Fsp3) is 0.625. The molecule has 1 fully saturated rings. The Kier molecular flexibility index (Phi) is 13.7. The second-order valence-electron chi connectivity index (χ2n) is 9.04. The van der Waals surface area contributed by atoms with Crippen molar-refractivity contribution in [3.8, 4) is 0 Å². The third-order valence-corrected chi connectivity index (χ3v) is 6.00. The number of hydrogen-bond donors (Lipinski definition) is 6. The molecule has 0 spiro atoms. The Balaban J connectivity index is 3.43. The Labute approximate surface area is 223 Å². The molecule has 0 saturated carbocycles. The Hall–Kier alpha value is -2.47. The average Bonchev–Trinajstić information content (AvgIpc) is 2.81. The lowest BCUT2D eigenvalue weighted by molar-refractivity contribution is -0.153. The number of ether oxygens (including phenoxy) is 1. The van der Waals surface area contributed by atoms with Crippen molar-refractivity contribution in [1.82, 2.24) is 21.3 Å². The number of hydrogen-bond acceptors (Lipinski definition) is 8. The number of esters is 1. The first-order valence-corrected chi connectivity index (χ1v) is 13.2. The summed E-state index contributed by atoms with van der Waals surface area (Å²) in [5.41, 5.74) is -0.0921. The third kappa shape index (κ3) is 9.88. The predicted octanol–water partition coefficient (Wildman–Crippen LogP) is 0.894. The SMILES string of the molecule is CC=C1NC(=O)[C@@H](CS)NC(=O)[C@H](C(C)C)NC(=O)C[C@@H](C=CCCS)OC(=O)[C@H](C(C)C)NC1=O. The minimum atomic E-state index is -1.07.